The number of fused-ring (bicyclic) bond motifs is 5. The third kappa shape index (κ3) is 4.64. The highest BCUT2D eigenvalue weighted by atomic mass is 79.9. The predicted octanol–water partition coefficient (Wildman–Crippen LogP) is 7.09. The number of halogens is 1. The van der Waals surface area contributed by atoms with Crippen molar-refractivity contribution in [2.45, 2.75) is 110 Å². The highest BCUT2D eigenvalue weighted by Crippen LogP contribution is 2.68. The summed E-state index contributed by atoms with van der Waals surface area (Å²) in [5, 5.41) is 25.1. The molecule has 1 unspecified atom stereocenters. The van der Waals surface area contributed by atoms with E-state index in [1.54, 1.807) is 11.3 Å². The number of hydrogen-bond donors (Lipinski definition) is 3. The van der Waals surface area contributed by atoms with Crippen LogP contribution in [0.15, 0.2) is 15.9 Å². The van der Waals surface area contributed by atoms with Gasteiger partial charge in [0, 0.05) is 11.3 Å². The van der Waals surface area contributed by atoms with Gasteiger partial charge in [0.05, 0.1) is 22.0 Å². The topological polar surface area (TPSA) is 69.6 Å². The number of amides is 1. The van der Waals surface area contributed by atoms with E-state index in [0.29, 0.717) is 41.9 Å². The highest BCUT2D eigenvalue weighted by molar-refractivity contribution is 9.11. The van der Waals surface area contributed by atoms with Gasteiger partial charge in [-0.3, -0.25) is 4.79 Å². The molecule has 11 atom stereocenters. The highest BCUT2D eigenvalue weighted by Gasteiger charge is 2.62. The van der Waals surface area contributed by atoms with Gasteiger partial charge in [-0.05, 0) is 132 Å². The third-order valence-electron chi connectivity index (χ3n) is 11.6. The second kappa shape index (κ2) is 10.3. The van der Waals surface area contributed by atoms with Crippen LogP contribution in [-0.4, -0.2) is 28.3 Å². The molecule has 1 aromatic heterocycles. The molecular formula is C30H46BrNO3S. The number of aliphatic hydroxyl groups excluding tert-OH is 2. The fourth-order valence-electron chi connectivity index (χ4n) is 9.75. The van der Waals surface area contributed by atoms with Crippen LogP contribution in [0.25, 0.3) is 0 Å². The summed E-state index contributed by atoms with van der Waals surface area (Å²) in [5.41, 5.74) is 0.474. The molecule has 4 fully saturated rings. The standard InChI is InChI=1S/C30H46BrNO3S/c1-5-23(25-8-9-26(31)36-25)32-27(35)14-17(2)20-6-7-21-28-22(11-13-30(20,21)4)29(3)12-10-19(33)15-18(29)16-24(28)34/h8-9,17-24,28,33-34H,5-7,10-16H2,1-4H3,(H,32,35)/t17-,18+,19-,20?,21+,22+,23-,24-,28+,29+,30-/m1/s1. The van der Waals surface area contributed by atoms with E-state index in [9.17, 15) is 15.0 Å². The van der Waals surface area contributed by atoms with Crippen LogP contribution in [0.3, 0.4) is 0 Å². The van der Waals surface area contributed by atoms with Crippen molar-refractivity contribution in [3.05, 3.63) is 20.8 Å². The average molecular weight is 581 g/mol. The molecule has 0 bridgehead atoms. The quantitative estimate of drug-likeness (QED) is 0.336. The van der Waals surface area contributed by atoms with Crippen LogP contribution in [-0.2, 0) is 4.79 Å². The van der Waals surface area contributed by atoms with Gasteiger partial charge in [0.1, 0.15) is 0 Å². The van der Waals surface area contributed by atoms with E-state index in [1.165, 1.54) is 30.6 Å². The molecule has 6 heteroatoms. The molecular weight excluding hydrogens is 534 g/mol. The molecule has 1 aromatic rings. The van der Waals surface area contributed by atoms with Crippen LogP contribution in [0.2, 0.25) is 0 Å². The van der Waals surface area contributed by atoms with E-state index in [1.807, 2.05) is 0 Å². The predicted molar refractivity (Wildman–Crippen MR) is 150 cm³/mol. The lowest BCUT2D eigenvalue weighted by atomic mass is 9.43. The Morgan fingerprint density at radius 3 is 2.53 bits per heavy atom. The Labute approximate surface area is 230 Å². The molecule has 0 saturated heterocycles. The summed E-state index contributed by atoms with van der Waals surface area (Å²) >= 11 is 5.25. The smallest absolute Gasteiger partial charge is 0.220 e. The zero-order valence-corrected chi connectivity index (χ0v) is 24.9. The van der Waals surface area contributed by atoms with Crippen molar-refractivity contribution in [3.63, 3.8) is 0 Å². The first kappa shape index (κ1) is 27.1. The van der Waals surface area contributed by atoms with Crippen molar-refractivity contribution in [3.8, 4) is 0 Å². The molecule has 0 spiro atoms. The Balaban J connectivity index is 1.27. The fraction of sp³-hybridized carbons (Fsp3) is 0.833. The molecule has 1 amide bonds. The summed E-state index contributed by atoms with van der Waals surface area (Å²) < 4.78 is 1.11. The first-order valence-corrected chi connectivity index (χ1v) is 16.1. The largest absolute Gasteiger partial charge is 0.393 e. The maximum atomic E-state index is 13.2. The van der Waals surface area contributed by atoms with Gasteiger partial charge in [0.2, 0.25) is 5.91 Å². The number of rotatable bonds is 6. The van der Waals surface area contributed by atoms with Crippen LogP contribution < -0.4 is 5.32 Å². The maximum absolute atomic E-state index is 13.2. The number of nitrogens with one attached hydrogen (secondary N) is 1. The van der Waals surface area contributed by atoms with Crippen molar-refractivity contribution >= 4 is 33.2 Å². The van der Waals surface area contributed by atoms with Crippen molar-refractivity contribution in [2.75, 3.05) is 0 Å². The van der Waals surface area contributed by atoms with Crippen LogP contribution in [0, 0.1) is 46.3 Å². The Morgan fingerprint density at radius 1 is 1.11 bits per heavy atom. The van der Waals surface area contributed by atoms with Crippen LogP contribution in [0.4, 0.5) is 0 Å². The number of aliphatic hydroxyl groups is 2. The molecule has 36 heavy (non-hydrogen) atoms. The van der Waals surface area contributed by atoms with Gasteiger partial charge in [-0.25, -0.2) is 0 Å². The molecule has 0 aliphatic heterocycles. The van der Waals surface area contributed by atoms with Gasteiger partial charge in [0.15, 0.2) is 0 Å². The molecule has 4 aliphatic rings. The van der Waals surface area contributed by atoms with Gasteiger partial charge in [0.25, 0.3) is 0 Å². The van der Waals surface area contributed by atoms with Gasteiger partial charge in [-0.1, -0.05) is 27.7 Å². The summed E-state index contributed by atoms with van der Waals surface area (Å²) in [7, 11) is 0. The molecule has 3 N–H and O–H groups in total. The average Bonchev–Trinajstić information content (AvgIpc) is 3.41. The summed E-state index contributed by atoms with van der Waals surface area (Å²) in [6.45, 7) is 9.40. The third-order valence-corrected chi connectivity index (χ3v) is 13.3. The van der Waals surface area contributed by atoms with Crippen molar-refractivity contribution < 1.29 is 15.0 Å². The van der Waals surface area contributed by atoms with Crippen molar-refractivity contribution in [1.29, 1.82) is 0 Å². The Bertz CT molecular complexity index is 952. The SMILES string of the molecule is CC[C@@H](NC(=O)C[C@@H](C)C1CC[C@H]2[C@@H]3[C@H](O)C[C@@H]4C[C@H](O)CC[C@]4(C)[C@H]3CC[C@]12C)c1ccc(Br)s1. The molecule has 5 rings (SSSR count). The van der Waals surface area contributed by atoms with Gasteiger partial charge < -0.3 is 15.5 Å². The number of carbonyl (C=O) groups is 1. The summed E-state index contributed by atoms with van der Waals surface area (Å²) in [6.07, 6.45) is 9.60. The maximum Gasteiger partial charge on any atom is 0.220 e. The lowest BCUT2D eigenvalue weighted by Crippen LogP contribution is -2.58. The van der Waals surface area contributed by atoms with E-state index >= 15 is 0 Å². The fourth-order valence-corrected chi connectivity index (χ4v) is 11.3. The van der Waals surface area contributed by atoms with Gasteiger partial charge >= 0.3 is 0 Å². The first-order chi connectivity index (χ1) is 17.1. The number of thiophene rings is 1. The Kier molecular flexibility index (Phi) is 7.75. The van der Waals surface area contributed by atoms with E-state index < -0.39 is 0 Å². The number of carbonyl (C=O) groups excluding carboxylic acids is 1. The molecule has 4 nitrogen and oxygen atoms in total. The Hall–Kier alpha value is -0.430. The second-order valence-electron chi connectivity index (χ2n) is 13.3. The lowest BCUT2D eigenvalue weighted by Gasteiger charge is -2.62. The van der Waals surface area contributed by atoms with E-state index in [-0.39, 0.29) is 35.0 Å². The normalized spacial score (nSPS) is 43.7. The van der Waals surface area contributed by atoms with Crippen molar-refractivity contribution in [1.82, 2.24) is 5.32 Å². The molecule has 4 saturated carbocycles. The summed E-state index contributed by atoms with van der Waals surface area (Å²) in [6, 6.07) is 4.26. The second-order valence-corrected chi connectivity index (χ2v) is 15.8. The van der Waals surface area contributed by atoms with E-state index in [2.05, 4.69) is 61.1 Å². The monoisotopic (exact) mass is 579 g/mol. The number of hydrogen-bond acceptors (Lipinski definition) is 4. The van der Waals surface area contributed by atoms with E-state index in [4.69, 9.17) is 0 Å². The Morgan fingerprint density at radius 2 is 1.83 bits per heavy atom. The van der Waals surface area contributed by atoms with Crippen LogP contribution in [0.1, 0.15) is 103 Å². The lowest BCUT2D eigenvalue weighted by molar-refractivity contribution is -0.174. The molecule has 0 radical (unpaired) electrons. The molecule has 4 aliphatic carbocycles. The zero-order chi connectivity index (χ0) is 25.8. The van der Waals surface area contributed by atoms with E-state index in [0.717, 1.165) is 35.9 Å². The minimum Gasteiger partial charge on any atom is -0.393 e. The van der Waals surface area contributed by atoms with Gasteiger partial charge in [-0.2, -0.15) is 0 Å². The minimum absolute atomic E-state index is 0.0865. The molecule has 0 aromatic carbocycles. The first-order valence-electron chi connectivity index (χ1n) is 14.5. The summed E-state index contributed by atoms with van der Waals surface area (Å²) in [5.74, 6) is 3.02. The van der Waals surface area contributed by atoms with Crippen molar-refractivity contribution in [2.24, 2.45) is 46.3 Å². The van der Waals surface area contributed by atoms with Crippen LogP contribution >= 0.6 is 27.3 Å². The summed E-state index contributed by atoms with van der Waals surface area (Å²) in [4.78, 5) is 14.4. The van der Waals surface area contributed by atoms with Crippen LogP contribution in [0.5, 0.6) is 0 Å². The molecule has 1 heterocycles. The minimum atomic E-state index is -0.240. The zero-order valence-electron chi connectivity index (χ0n) is 22.5. The van der Waals surface area contributed by atoms with Gasteiger partial charge in [-0.15, -0.1) is 11.3 Å². The molecule has 202 valence electrons.